The van der Waals surface area contributed by atoms with Crippen molar-refractivity contribution in [3.63, 3.8) is 0 Å². The van der Waals surface area contributed by atoms with Crippen LogP contribution in [-0.4, -0.2) is 27.3 Å². The fourth-order valence-corrected chi connectivity index (χ4v) is 4.26. The largest absolute Gasteiger partial charge is 0.457 e. The number of thiocarbonyl (C=S) groups is 1. The van der Waals surface area contributed by atoms with Crippen LogP contribution >= 0.6 is 12.2 Å². The number of ether oxygens (including phenoxy) is 1. The van der Waals surface area contributed by atoms with Crippen LogP contribution in [-0.2, 0) is 16.6 Å². The zero-order chi connectivity index (χ0) is 26.8. The lowest BCUT2D eigenvalue weighted by Crippen LogP contribution is -2.54. The van der Waals surface area contributed by atoms with E-state index in [0.29, 0.717) is 22.9 Å². The van der Waals surface area contributed by atoms with Crippen molar-refractivity contribution in [3.8, 4) is 11.5 Å². The summed E-state index contributed by atoms with van der Waals surface area (Å²) < 4.78 is 21.5. The van der Waals surface area contributed by atoms with E-state index in [-0.39, 0.29) is 21.8 Å². The van der Waals surface area contributed by atoms with Gasteiger partial charge < -0.3 is 9.30 Å². The van der Waals surface area contributed by atoms with Gasteiger partial charge in [0.1, 0.15) is 22.9 Å². The van der Waals surface area contributed by atoms with Gasteiger partial charge in [-0.15, -0.1) is 0 Å². The Bertz CT molecular complexity index is 1610. The second-order valence-corrected chi connectivity index (χ2v) is 8.83. The van der Waals surface area contributed by atoms with Crippen LogP contribution in [0.2, 0.25) is 0 Å². The molecule has 3 aromatic carbocycles. The van der Waals surface area contributed by atoms with Gasteiger partial charge >= 0.3 is 0 Å². The van der Waals surface area contributed by atoms with Crippen LogP contribution in [0.4, 0.5) is 10.1 Å². The fourth-order valence-electron chi connectivity index (χ4n) is 3.98. The highest BCUT2D eigenvalue weighted by atomic mass is 32.1. The molecule has 0 bridgehead atoms. The van der Waals surface area contributed by atoms with Gasteiger partial charge in [0.05, 0.1) is 11.3 Å². The Kier molecular flexibility index (Phi) is 6.68. The number of anilines is 1. The standard InChI is InChI=1S/C29H20FN3O4S/c1-32-17-18(26(34)23-9-5-6-10-25(23)30)15-20(32)16-24-27(35)31-29(38)33(28(24)36)19-11-13-22(14-12-19)37-21-7-3-2-4-8-21/h2-17H,1H3,(H,31,35,38). The maximum atomic E-state index is 14.1. The minimum absolute atomic E-state index is 0.0591. The topological polar surface area (TPSA) is 80.6 Å². The summed E-state index contributed by atoms with van der Waals surface area (Å²) in [4.78, 5) is 40.1. The van der Waals surface area contributed by atoms with Crippen LogP contribution in [0.3, 0.4) is 0 Å². The smallest absolute Gasteiger partial charge is 0.270 e. The molecule has 1 aromatic heterocycles. The van der Waals surface area contributed by atoms with Crippen LogP contribution in [0.25, 0.3) is 6.08 Å². The van der Waals surface area contributed by atoms with Crippen LogP contribution in [0.1, 0.15) is 21.6 Å². The van der Waals surface area contributed by atoms with Crippen LogP contribution in [0.5, 0.6) is 11.5 Å². The summed E-state index contributed by atoms with van der Waals surface area (Å²) >= 11 is 5.28. The number of hydrogen-bond donors (Lipinski definition) is 1. The molecule has 0 radical (unpaired) electrons. The second kappa shape index (κ2) is 10.2. The highest BCUT2D eigenvalue weighted by molar-refractivity contribution is 7.80. The molecular weight excluding hydrogens is 505 g/mol. The minimum Gasteiger partial charge on any atom is -0.457 e. The van der Waals surface area contributed by atoms with Crippen LogP contribution in [0, 0.1) is 5.82 Å². The van der Waals surface area contributed by atoms with Gasteiger partial charge in [0.25, 0.3) is 11.8 Å². The van der Waals surface area contributed by atoms with Gasteiger partial charge in [-0.05, 0) is 72.9 Å². The number of carbonyl (C=O) groups excluding carboxylic acids is 3. The summed E-state index contributed by atoms with van der Waals surface area (Å²) in [5.41, 5.74) is 0.819. The highest BCUT2D eigenvalue weighted by Crippen LogP contribution is 2.27. The molecule has 1 fully saturated rings. The molecule has 2 amide bonds. The third kappa shape index (κ3) is 4.87. The molecule has 1 N–H and O–H groups in total. The molecule has 0 aliphatic carbocycles. The number of nitrogens with one attached hydrogen (secondary N) is 1. The molecule has 188 valence electrons. The number of amides is 2. The molecule has 9 heteroatoms. The van der Waals surface area contributed by atoms with E-state index in [9.17, 15) is 18.8 Å². The number of nitrogens with zero attached hydrogens (tertiary/aromatic N) is 2. The molecule has 1 saturated heterocycles. The summed E-state index contributed by atoms with van der Waals surface area (Å²) in [7, 11) is 1.66. The van der Waals surface area contributed by atoms with Gasteiger partial charge in [-0.1, -0.05) is 30.3 Å². The Morgan fingerprint density at radius 2 is 1.61 bits per heavy atom. The van der Waals surface area contributed by atoms with Crippen LogP contribution < -0.4 is 15.0 Å². The van der Waals surface area contributed by atoms with Gasteiger partial charge in [-0.2, -0.15) is 0 Å². The van der Waals surface area contributed by atoms with Crippen molar-refractivity contribution in [3.05, 3.63) is 119 Å². The van der Waals surface area contributed by atoms with Gasteiger partial charge in [0.15, 0.2) is 10.9 Å². The van der Waals surface area contributed by atoms with E-state index in [1.165, 1.54) is 41.4 Å². The van der Waals surface area contributed by atoms with E-state index in [1.807, 2.05) is 30.3 Å². The number of carbonyl (C=O) groups is 3. The Morgan fingerprint density at radius 3 is 2.32 bits per heavy atom. The Labute approximate surface area is 222 Å². The van der Waals surface area contributed by atoms with E-state index in [0.717, 1.165) is 0 Å². The van der Waals surface area contributed by atoms with E-state index >= 15 is 0 Å². The van der Waals surface area contributed by atoms with Crippen molar-refractivity contribution in [2.45, 2.75) is 0 Å². The number of rotatable bonds is 6. The van der Waals surface area contributed by atoms with E-state index < -0.39 is 23.4 Å². The molecule has 5 rings (SSSR count). The zero-order valence-electron chi connectivity index (χ0n) is 20.1. The third-order valence-corrected chi connectivity index (χ3v) is 6.18. The van der Waals surface area contributed by atoms with Gasteiger partial charge in [-0.3, -0.25) is 24.6 Å². The number of ketones is 1. The molecule has 4 aromatic rings. The first-order valence-corrected chi connectivity index (χ1v) is 11.9. The van der Waals surface area contributed by atoms with Gasteiger partial charge in [-0.25, -0.2) is 4.39 Å². The van der Waals surface area contributed by atoms with E-state index in [4.69, 9.17) is 17.0 Å². The normalized spacial score (nSPS) is 14.5. The fraction of sp³-hybridized carbons (Fsp3) is 0.0345. The lowest BCUT2D eigenvalue weighted by Gasteiger charge is -2.29. The Balaban J connectivity index is 1.41. The van der Waals surface area contributed by atoms with Crippen molar-refractivity contribution in [2.24, 2.45) is 7.05 Å². The first-order valence-electron chi connectivity index (χ1n) is 11.5. The maximum absolute atomic E-state index is 14.1. The number of halogens is 1. The summed E-state index contributed by atoms with van der Waals surface area (Å²) in [5, 5.41) is 2.48. The quantitative estimate of drug-likeness (QED) is 0.166. The first-order chi connectivity index (χ1) is 18.3. The number of benzene rings is 3. The number of hydrogen-bond acceptors (Lipinski definition) is 5. The molecule has 2 heterocycles. The Morgan fingerprint density at radius 1 is 0.947 bits per heavy atom. The number of aryl methyl sites for hydroxylation is 1. The predicted molar refractivity (Wildman–Crippen MR) is 144 cm³/mol. The molecule has 0 unspecified atom stereocenters. The predicted octanol–water partition coefficient (Wildman–Crippen LogP) is 5.02. The van der Waals surface area contributed by atoms with E-state index in [2.05, 4.69) is 5.32 Å². The SMILES string of the molecule is Cn1cc(C(=O)c2ccccc2F)cc1C=C1C(=O)NC(=S)N(c2ccc(Oc3ccccc3)cc2)C1=O. The highest BCUT2D eigenvalue weighted by Gasteiger charge is 2.34. The molecule has 0 spiro atoms. The molecule has 0 saturated carbocycles. The monoisotopic (exact) mass is 525 g/mol. The molecule has 38 heavy (non-hydrogen) atoms. The summed E-state index contributed by atoms with van der Waals surface area (Å²) in [6.45, 7) is 0. The maximum Gasteiger partial charge on any atom is 0.270 e. The average molecular weight is 526 g/mol. The summed E-state index contributed by atoms with van der Waals surface area (Å²) in [6.07, 6.45) is 2.89. The number of aromatic nitrogens is 1. The lowest BCUT2D eigenvalue weighted by molar-refractivity contribution is -0.122. The van der Waals surface area contributed by atoms with Crippen molar-refractivity contribution >= 4 is 46.7 Å². The third-order valence-electron chi connectivity index (χ3n) is 5.89. The van der Waals surface area contributed by atoms with Gasteiger partial charge in [0.2, 0.25) is 0 Å². The second-order valence-electron chi connectivity index (χ2n) is 8.44. The number of para-hydroxylation sites is 1. The van der Waals surface area contributed by atoms with Crippen molar-refractivity contribution in [2.75, 3.05) is 4.90 Å². The summed E-state index contributed by atoms with van der Waals surface area (Å²) in [6, 6.07) is 23.1. The molecule has 0 atom stereocenters. The van der Waals surface area contributed by atoms with E-state index in [1.54, 1.807) is 41.9 Å². The minimum atomic E-state index is -0.663. The van der Waals surface area contributed by atoms with Crippen molar-refractivity contribution < 1.29 is 23.5 Å². The Hall–Kier alpha value is -4.89. The molecule has 1 aliphatic heterocycles. The average Bonchev–Trinajstić information content (AvgIpc) is 3.28. The zero-order valence-corrected chi connectivity index (χ0v) is 20.9. The molecule has 1 aliphatic rings. The first kappa shape index (κ1) is 24.8. The van der Waals surface area contributed by atoms with Crippen molar-refractivity contribution in [1.82, 2.24) is 9.88 Å². The summed E-state index contributed by atoms with van der Waals surface area (Å²) in [5.74, 6) is -1.21. The van der Waals surface area contributed by atoms with Crippen LogP contribution in [0.15, 0.2) is 96.7 Å². The lowest BCUT2D eigenvalue weighted by atomic mass is 10.0. The molecular formula is C29H20FN3O4S. The molecule has 7 nitrogen and oxygen atoms in total. The van der Waals surface area contributed by atoms with Crippen molar-refractivity contribution in [1.29, 1.82) is 0 Å². The van der Waals surface area contributed by atoms with Gasteiger partial charge in [0, 0.05) is 24.5 Å².